The van der Waals surface area contributed by atoms with E-state index in [2.05, 4.69) is 23.2 Å². The van der Waals surface area contributed by atoms with Crippen LogP contribution in [0.2, 0.25) is 0 Å². The zero-order chi connectivity index (χ0) is 25.2. The first-order valence-corrected chi connectivity index (χ1v) is 12.4. The van der Waals surface area contributed by atoms with Crippen molar-refractivity contribution in [2.24, 2.45) is 11.8 Å². The molecule has 7 heteroatoms. The summed E-state index contributed by atoms with van der Waals surface area (Å²) in [6.45, 7) is 11.4. The highest BCUT2D eigenvalue weighted by Crippen LogP contribution is 2.37. The average Bonchev–Trinajstić information content (AvgIpc) is 3.17. The summed E-state index contributed by atoms with van der Waals surface area (Å²) in [6, 6.07) is 8.15. The minimum atomic E-state index is -0.603. The molecule has 0 radical (unpaired) electrons. The number of carbonyl (C=O) groups excluding carboxylic acids is 1. The van der Waals surface area contributed by atoms with Gasteiger partial charge in [0.05, 0.1) is 31.5 Å². The molecule has 3 atom stereocenters. The van der Waals surface area contributed by atoms with Gasteiger partial charge in [-0.25, -0.2) is 4.79 Å². The second-order valence-corrected chi connectivity index (χ2v) is 10.9. The normalized spacial score (nSPS) is 24.7. The first kappa shape index (κ1) is 25.5. The Bertz CT molecular complexity index is 1070. The third-order valence-corrected chi connectivity index (χ3v) is 6.67. The summed E-state index contributed by atoms with van der Waals surface area (Å²) in [5, 5.41) is 1.06. The molecule has 0 spiro atoms. The Hall–Kier alpha value is -2.64. The van der Waals surface area contributed by atoms with Crippen molar-refractivity contribution in [2.75, 3.05) is 26.8 Å². The standard InChI is InChI=1S/C28H38N2O5/c1-27(2,3)35-26(31)30-14-13-20(23(17-30)25-18-33-28(4,5)34-25)10-7-9-19-11-8-12-24-22(19)15-21(32-6)16-29-24/h7-9,11-12,15-16,20,23,25H,10,13-14,17-18H2,1-6H3/t20-,23+,25?/m1/s1. The van der Waals surface area contributed by atoms with Gasteiger partial charge in [-0.3, -0.25) is 4.98 Å². The van der Waals surface area contributed by atoms with E-state index >= 15 is 0 Å². The Labute approximate surface area is 208 Å². The zero-order valence-corrected chi connectivity index (χ0v) is 21.7. The van der Waals surface area contributed by atoms with Crippen molar-refractivity contribution in [1.82, 2.24) is 9.88 Å². The highest BCUT2D eigenvalue weighted by Gasteiger charge is 2.43. The molecule has 2 aliphatic rings. The number of hydrogen-bond acceptors (Lipinski definition) is 6. The van der Waals surface area contributed by atoms with Gasteiger partial charge in [0, 0.05) is 24.4 Å². The van der Waals surface area contributed by atoms with E-state index in [1.165, 1.54) is 0 Å². The number of rotatable bonds is 5. The second kappa shape index (κ2) is 10.2. The van der Waals surface area contributed by atoms with Gasteiger partial charge in [-0.05, 0) is 71.1 Å². The van der Waals surface area contributed by atoms with Gasteiger partial charge in [-0.1, -0.05) is 24.3 Å². The molecule has 2 saturated heterocycles. The molecule has 2 fully saturated rings. The topological polar surface area (TPSA) is 70.1 Å². The van der Waals surface area contributed by atoms with E-state index in [0.29, 0.717) is 25.6 Å². The fraction of sp³-hybridized carbons (Fsp3) is 0.571. The lowest BCUT2D eigenvalue weighted by Crippen LogP contribution is -2.49. The minimum Gasteiger partial charge on any atom is -0.495 e. The van der Waals surface area contributed by atoms with E-state index in [1.807, 2.05) is 57.7 Å². The third kappa shape index (κ3) is 6.33. The van der Waals surface area contributed by atoms with Crippen LogP contribution >= 0.6 is 0 Å². The number of benzene rings is 1. The van der Waals surface area contributed by atoms with Gasteiger partial charge < -0.3 is 23.8 Å². The molecule has 1 unspecified atom stereocenters. The molecule has 0 bridgehead atoms. The first-order valence-electron chi connectivity index (χ1n) is 12.4. The number of allylic oxidation sites excluding steroid dienone is 1. The Morgan fingerprint density at radius 1 is 1.31 bits per heavy atom. The van der Waals surface area contributed by atoms with E-state index in [1.54, 1.807) is 13.3 Å². The quantitative estimate of drug-likeness (QED) is 0.547. The number of aromatic nitrogens is 1. The van der Waals surface area contributed by atoms with Crippen molar-refractivity contribution in [3.8, 4) is 5.75 Å². The monoisotopic (exact) mass is 482 g/mol. The summed E-state index contributed by atoms with van der Waals surface area (Å²) in [4.78, 5) is 19.1. The van der Waals surface area contributed by atoms with E-state index in [9.17, 15) is 4.79 Å². The van der Waals surface area contributed by atoms with Crippen molar-refractivity contribution in [3.05, 3.63) is 42.1 Å². The van der Waals surface area contributed by atoms with Crippen molar-refractivity contribution in [2.45, 2.75) is 65.0 Å². The summed E-state index contributed by atoms with van der Waals surface area (Å²) in [5.41, 5.74) is 1.53. The molecule has 0 saturated carbocycles. The average molecular weight is 483 g/mol. The van der Waals surface area contributed by atoms with Crippen LogP contribution in [-0.4, -0.2) is 60.3 Å². The molecular weight excluding hydrogens is 444 g/mol. The van der Waals surface area contributed by atoms with E-state index < -0.39 is 11.4 Å². The summed E-state index contributed by atoms with van der Waals surface area (Å²) in [7, 11) is 1.65. The first-order chi connectivity index (χ1) is 16.5. The maximum atomic E-state index is 12.8. The van der Waals surface area contributed by atoms with Crippen LogP contribution in [0.3, 0.4) is 0 Å². The molecule has 1 amide bonds. The SMILES string of the molecule is COc1cnc2cccc(C=CC[C@@H]3CCN(C(=O)OC(C)(C)C)C[C@@H]3C3COC(C)(C)O3)c2c1. The Morgan fingerprint density at radius 3 is 2.80 bits per heavy atom. The number of piperidine rings is 1. The maximum Gasteiger partial charge on any atom is 0.410 e. The highest BCUT2D eigenvalue weighted by atomic mass is 16.7. The maximum absolute atomic E-state index is 12.8. The Kier molecular flexibility index (Phi) is 7.38. The number of pyridine rings is 1. The van der Waals surface area contributed by atoms with Gasteiger partial charge in [-0.2, -0.15) is 0 Å². The predicted molar refractivity (Wildman–Crippen MR) is 136 cm³/mol. The van der Waals surface area contributed by atoms with Crippen LogP contribution in [0.1, 0.15) is 53.0 Å². The lowest BCUT2D eigenvalue weighted by Gasteiger charge is -2.41. The number of nitrogens with zero attached hydrogens (tertiary/aromatic N) is 2. The molecule has 0 aliphatic carbocycles. The summed E-state index contributed by atoms with van der Waals surface area (Å²) < 4.78 is 23.1. The summed E-state index contributed by atoms with van der Waals surface area (Å²) >= 11 is 0. The van der Waals surface area contributed by atoms with Crippen LogP contribution in [0.15, 0.2) is 36.5 Å². The Balaban J connectivity index is 1.50. The van der Waals surface area contributed by atoms with Crippen LogP contribution in [0.5, 0.6) is 5.75 Å². The summed E-state index contributed by atoms with van der Waals surface area (Å²) in [5.74, 6) is 0.676. The molecule has 2 aliphatic heterocycles. The van der Waals surface area contributed by atoms with Crippen molar-refractivity contribution >= 4 is 23.1 Å². The van der Waals surface area contributed by atoms with Gasteiger partial charge in [-0.15, -0.1) is 0 Å². The summed E-state index contributed by atoms with van der Waals surface area (Å²) in [6.07, 6.45) is 7.60. The van der Waals surface area contributed by atoms with Crippen molar-refractivity contribution in [3.63, 3.8) is 0 Å². The molecular formula is C28H38N2O5. The third-order valence-electron chi connectivity index (χ3n) is 6.67. The number of ether oxygens (including phenoxy) is 4. The molecule has 1 aromatic heterocycles. The van der Waals surface area contributed by atoms with Crippen molar-refractivity contribution < 1.29 is 23.7 Å². The van der Waals surface area contributed by atoms with Gasteiger partial charge in [0.15, 0.2) is 5.79 Å². The second-order valence-electron chi connectivity index (χ2n) is 10.9. The molecule has 4 rings (SSSR count). The van der Waals surface area contributed by atoms with Crippen LogP contribution in [0, 0.1) is 11.8 Å². The number of amides is 1. The molecule has 35 heavy (non-hydrogen) atoms. The van der Waals surface area contributed by atoms with E-state index in [0.717, 1.165) is 35.1 Å². The van der Waals surface area contributed by atoms with Crippen LogP contribution in [-0.2, 0) is 14.2 Å². The van der Waals surface area contributed by atoms with Gasteiger partial charge >= 0.3 is 6.09 Å². The van der Waals surface area contributed by atoms with Crippen LogP contribution in [0.25, 0.3) is 17.0 Å². The number of fused-ring (bicyclic) bond motifs is 1. The zero-order valence-electron chi connectivity index (χ0n) is 21.7. The lowest BCUT2D eigenvalue weighted by atomic mass is 9.79. The fourth-order valence-corrected chi connectivity index (χ4v) is 4.94. The van der Waals surface area contributed by atoms with Crippen LogP contribution < -0.4 is 4.74 Å². The van der Waals surface area contributed by atoms with E-state index in [-0.39, 0.29) is 18.1 Å². The van der Waals surface area contributed by atoms with Gasteiger partial charge in [0.1, 0.15) is 11.4 Å². The van der Waals surface area contributed by atoms with Gasteiger partial charge in [0.2, 0.25) is 0 Å². The smallest absolute Gasteiger partial charge is 0.410 e. The van der Waals surface area contributed by atoms with Crippen molar-refractivity contribution in [1.29, 1.82) is 0 Å². The minimum absolute atomic E-state index is 0.0559. The number of likely N-dealkylation sites (tertiary alicyclic amines) is 1. The molecule has 2 aromatic rings. The molecule has 3 heterocycles. The predicted octanol–water partition coefficient (Wildman–Crippen LogP) is 5.67. The largest absolute Gasteiger partial charge is 0.495 e. The number of carbonyl (C=O) groups is 1. The molecule has 190 valence electrons. The molecule has 1 aromatic carbocycles. The Morgan fingerprint density at radius 2 is 2.11 bits per heavy atom. The van der Waals surface area contributed by atoms with Gasteiger partial charge in [0.25, 0.3) is 0 Å². The fourth-order valence-electron chi connectivity index (χ4n) is 4.94. The highest BCUT2D eigenvalue weighted by molar-refractivity contribution is 5.88. The lowest BCUT2D eigenvalue weighted by molar-refractivity contribution is -0.149. The number of methoxy groups -OCH3 is 1. The number of hydrogen-bond donors (Lipinski definition) is 0. The van der Waals surface area contributed by atoms with Crippen LogP contribution in [0.4, 0.5) is 4.79 Å². The van der Waals surface area contributed by atoms with E-state index in [4.69, 9.17) is 18.9 Å². The molecule has 0 N–H and O–H groups in total. The molecule has 7 nitrogen and oxygen atoms in total.